The fourth-order valence-corrected chi connectivity index (χ4v) is 2.83. The van der Waals surface area contributed by atoms with Gasteiger partial charge in [-0.15, -0.1) is 0 Å². The molecule has 130 valence electrons. The van der Waals surface area contributed by atoms with Crippen LogP contribution in [0.15, 0.2) is 53.5 Å². The number of rotatable bonds is 3. The van der Waals surface area contributed by atoms with E-state index in [9.17, 15) is 9.18 Å². The van der Waals surface area contributed by atoms with E-state index < -0.39 is 5.82 Å². The fourth-order valence-electron chi connectivity index (χ4n) is 2.49. The van der Waals surface area contributed by atoms with E-state index in [1.807, 2.05) is 0 Å². The van der Waals surface area contributed by atoms with Crippen LogP contribution in [0.3, 0.4) is 0 Å². The molecule has 0 bridgehead atoms. The molecule has 0 radical (unpaired) electrons. The van der Waals surface area contributed by atoms with Crippen molar-refractivity contribution >= 4 is 27.9 Å². The van der Waals surface area contributed by atoms with Gasteiger partial charge in [-0.1, -0.05) is 21.6 Å². The summed E-state index contributed by atoms with van der Waals surface area (Å²) < 4.78 is 16.4. The van der Waals surface area contributed by atoms with Crippen molar-refractivity contribution in [2.75, 3.05) is 0 Å². The second-order valence-corrected chi connectivity index (χ2v) is 6.10. The predicted molar refractivity (Wildman–Crippen MR) is 93.8 cm³/mol. The number of carbonyl (C=O) groups excluding carboxylic acids is 1. The molecule has 0 aliphatic rings. The molecule has 0 saturated carbocycles. The van der Waals surface area contributed by atoms with Gasteiger partial charge in [0.15, 0.2) is 5.65 Å². The molecule has 3 heterocycles. The van der Waals surface area contributed by atoms with Crippen molar-refractivity contribution in [3.05, 3.63) is 65.0 Å². The first kappa shape index (κ1) is 20.9. The molecule has 0 amide bonds. The smallest absolute Gasteiger partial charge is 0.870 e. The molecule has 0 aliphatic heterocycles. The topological polar surface area (TPSA) is 103 Å². The number of benzene rings is 1. The van der Waals surface area contributed by atoms with Crippen molar-refractivity contribution in [1.82, 2.24) is 24.6 Å². The molecule has 1 aromatic carbocycles. The number of aromatic nitrogens is 5. The van der Waals surface area contributed by atoms with E-state index in [0.717, 1.165) is 0 Å². The van der Waals surface area contributed by atoms with Crippen LogP contribution >= 0.6 is 15.9 Å². The third kappa shape index (κ3) is 3.96. The van der Waals surface area contributed by atoms with Crippen molar-refractivity contribution in [1.29, 1.82) is 0 Å². The van der Waals surface area contributed by atoms with Gasteiger partial charge in [-0.3, -0.25) is 4.98 Å². The molecule has 0 aliphatic carbocycles. The van der Waals surface area contributed by atoms with E-state index in [1.54, 1.807) is 36.9 Å². The maximum atomic E-state index is 14.3. The van der Waals surface area contributed by atoms with Gasteiger partial charge in [0, 0.05) is 40.3 Å². The van der Waals surface area contributed by atoms with Gasteiger partial charge in [0.2, 0.25) is 0 Å². The molecule has 0 atom stereocenters. The molecule has 7 nitrogen and oxygen atoms in total. The quantitative estimate of drug-likeness (QED) is 0.342. The summed E-state index contributed by atoms with van der Waals surface area (Å²) in [7, 11) is 0. The Hall–Kier alpha value is -2.44. The molecule has 0 saturated heterocycles. The molecule has 10 heteroatoms. The zero-order chi connectivity index (χ0) is 17.4. The maximum Gasteiger partial charge on any atom is 1.00 e. The summed E-state index contributed by atoms with van der Waals surface area (Å²) in [6.07, 6.45) is 6.37. The van der Waals surface area contributed by atoms with Gasteiger partial charge in [-0.2, -0.15) is 11.2 Å². The molecular weight excluding hydrogens is 412 g/mol. The number of hydrogen-bond acceptors (Lipinski definition) is 6. The summed E-state index contributed by atoms with van der Waals surface area (Å²) in [6.45, 7) is 0. The van der Waals surface area contributed by atoms with Crippen molar-refractivity contribution < 1.29 is 33.5 Å². The Morgan fingerprint density at radius 2 is 1.85 bits per heavy atom. The summed E-state index contributed by atoms with van der Waals surface area (Å²) in [5.41, 5.74) is 2.47. The van der Waals surface area contributed by atoms with Gasteiger partial charge >= 0.3 is 18.9 Å². The molecule has 27 heavy (non-hydrogen) atoms. The minimum absolute atomic E-state index is 0. The van der Waals surface area contributed by atoms with E-state index in [2.05, 4.69) is 36.0 Å². The molecule has 3 aromatic heterocycles. The molecular formula is C17H9BrFLiN5O2-. The van der Waals surface area contributed by atoms with E-state index in [1.165, 1.54) is 23.0 Å². The van der Waals surface area contributed by atoms with Crippen LogP contribution in [0.5, 0.6) is 0 Å². The average Bonchev–Trinajstić information content (AvgIpc) is 3.05. The Bertz CT molecular complexity index is 1110. The molecule has 0 fully saturated rings. The molecule has 0 unspecified atom stereocenters. The Labute approximate surface area is 173 Å². The van der Waals surface area contributed by atoms with Crippen molar-refractivity contribution in [3.8, 4) is 22.5 Å². The van der Waals surface area contributed by atoms with Gasteiger partial charge in [-0.25, -0.2) is 18.9 Å². The third-order valence-corrected chi connectivity index (χ3v) is 4.09. The van der Waals surface area contributed by atoms with Crippen LogP contribution in [-0.2, 0) is 4.79 Å². The van der Waals surface area contributed by atoms with Crippen LogP contribution in [0.4, 0.5) is 4.39 Å². The number of nitrogens with zero attached hydrogens (tertiary/aromatic N) is 5. The number of hydrogen-bond donors (Lipinski definition) is 0. The van der Waals surface area contributed by atoms with Crippen LogP contribution in [-0.4, -0.2) is 36.3 Å². The third-order valence-electron chi connectivity index (χ3n) is 3.60. The van der Waals surface area contributed by atoms with Crippen LogP contribution in [0, 0.1) is 5.82 Å². The largest absolute Gasteiger partial charge is 1.00 e. The minimum atomic E-state index is -0.412. The summed E-state index contributed by atoms with van der Waals surface area (Å²) in [6, 6.07) is 7.86. The summed E-state index contributed by atoms with van der Waals surface area (Å²) in [4.78, 5) is 23.2. The first-order valence-electron chi connectivity index (χ1n) is 7.15. The molecule has 4 rings (SSSR count). The Morgan fingerprint density at radius 1 is 1.11 bits per heavy atom. The Kier molecular flexibility index (Phi) is 6.57. The Balaban J connectivity index is 0.00000131. The van der Waals surface area contributed by atoms with Crippen LogP contribution in [0.25, 0.3) is 28.2 Å². The average molecular weight is 421 g/mol. The zero-order valence-corrected chi connectivity index (χ0v) is 15.6. The SMILES string of the molecule is O=[C-]c1cc(-c2cncnc2)n2nc(-c3ccc(Br)cc3F)cc2n1.[Li+].[OH-]. The molecule has 1 N–H and O–H groups in total. The normalized spacial score (nSPS) is 10.1. The second kappa shape index (κ2) is 8.50. The Morgan fingerprint density at radius 3 is 2.52 bits per heavy atom. The van der Waals surface area contributed by atoms with Crippen molar-refractivity contribution in [2.45, 2.75) is 0 Å². The van der Waals surface area contributed by atoms with Crippen LogP contribution in [0.2, 0.25) is 0 Å². The van der Waals surface area contributed by atoms with Crippen LogP contribution in [0.1, 0.15) is 5.69 Å². The van der Waals surface area contributed by atoms with Crippen molar-refractivity contribution in [3.63, 3.8) is 0 Å². The summed E-state index contributed by atoms with van der Waals surface area (Å²) in [5.74, 6) is -0.412. The van der Waals surface area contributed by atoms with Gasteiger partial charge in [-0.05, 0) is 23.9 Å². The van der Waals surface area contributed by atoms with E-state index in [4.69, 9.17) is 0 Å². The predicted octanol–water partition coefficient (Wildman–Crippen LogP) is 0.0399. The van der Waals surface area contributed by atoms with Gasteiger partial charge in [0.05, 0.1) is 5.69 Å². The molecule has 4 aromatic rings. The first-order valence-corrected chi connectivity index (χ1v) is 7.95. The first-order chi connectivity index (χ1) is 12.2. The van der Waals surface area contributed by atoms with Gasteiger partial charge < -0.3 is 10.3 Å². The summed E-state index contributed by atoms with van der Waals surface area (Å²) >= 11 is 3.23. The fraction of sp³-hybridized carbons (Fsp3) is 0. The summed E-state index contributed by atoms with van der Waals surface area (Å²) in [5, 5.41) is 4.44. The minimum Gasteiger partial charge on any atom is -0.870 e. The van der Waals surface area contributed by atoms with Crippen molar-refractivity contribution in [2.24, 2.45) is 0 Å². The van der Waals surface area contributed by atoms with Gasteiger partial charge in [0.1, 0.15) is 12.1 Å². The van der Waals surface area contributed by atoms with Gasteiger partial charge in [0.25, 0.3) is 0 Å². The molecule has 0 spiro atoms. The van der Waals surface area contributed by atoms with Crippen LogP contribution < -0.4 is 18.9 Å². The monoisotopic (exact) mass is 420 g/mol. The number of fused-ring (bicyclic) bond motifs is 1. The second-order valence-electron chi connectivity index (χ2n) is 5.18. The van der Waals surface area contributed by atoms with E-state index in [-0.39, 0.29) is 30.0 Å². The zero-order valence-electron chi connectivity index (χ0n) is 14.0. The van der Waals surface area contributed by atoms with E-state index in [0.29, 0.717) is 32.6 Å². The van der Waals surface area contributed by atoms with E-state index >= 15 is 0 Å². The number of halogens is 2. The standard InChI is InChI=1S/C17H8BrFN5O.Li.H2O/c18-11-1-2-13(14(19)3-11)15-5-17-22-12(8-25)4-16(24(17)23-15)10-6-20-9-21-7-10;;/h1-7,9H;;1H2/q-1;+1;/p-1. The maximum absolute atomic E-state index is 14.3.